The van der Waals surface area contributed by atoms with E-state index in [-0.39, 0.29) is 18.1 Å². The molecule has 2 heterocycles. The highest BCUT2D eigenvalue weighted by molar-refractivity contribution is 7.99. The van der Waals surface area contributed by atoms with Crippen LogP contribution in [0.1, 0.15) is 50.2 Å². The largest absolute Gasteiger partial charge is 0.462 e. The summed E-state index contributed by atoms with van der Waals surface area (Å²) in [5.41, 5.74) is 5.28. The van der Waals surface area contributed by atoms with E-state index in [9.17, 15) is 9.59 Å². The predicted octanol–water partition coefficient (Wildman–Crippen LogP) is 4.95. The lowest BCUT2D eigenvalue weighted by Gasteiger charge is -2.09. The quantitative estimate of drug-likeness (QED) is 0.363. The molecule has 0 aliphatic heterocycles. The van der Waals surface area contributed by atoms with Gasteiger partial charge in [-0.25, -0.2) is 9.78 Å². The number of nitrogens with one attached hydrogen (secondary N) is 1. The average molecular weight is 397 g/mol. The van der Waals surface area contributed by atoms with Crippen molar-refractivity contribution in [3.05, 3.63) is 57.9 Å². The molecule has 0 fully saturated rings. The first-order chi connectivity index (χ1) is 13.3. The Hall–Kier alpha value is -2.60. The second kappa shape index (κ2) is 8.19. The van der Waals surface area contributed by atoms with Gasteiger partial charge in [0.1, 0.15) is 0 Å². The van der Waals surface area contributed by atoms with Crippen LogP contribution < -0.4 is 0 Å². The van der Waals surface area contributed by atoms with Gasteiger partial charge in [-0.3, -0.25) is 4.79 Å². The van der Waals surface area contributed by atoms with E-state index in [2.05, 4.69) is 11.1 Å². The number of fused-ring (bicyclic) bond motifs is 1. The number of ketones is 1. The number of hydrogen-bond donors (Lipinski definition) is 1. The maximum Gasteiger partial charge on any atom is 0.340 e. The molecule has 0 radical (unpaired) electrons. The lowest BCUT2D eigenvalue weighted by molar-refractivity contribution is 0.0522. The van der Waals surface area contributed by atoms with Gasteiger partial charge in [-0.05, 0) is 51.8 Å². The summed E-state index contributed by atoms with van der Waals surface area (Å²) in [6.07, 6.45) is 0. The monoisotopic (exact) mass is 396 g/mol. The minimum absolute atomic E-state index is 0.112. The molecule has 0 amide bonds. The maximum absolute atomic E-state index is 12.9. The zero-order chi connectivity index (χ0) is 20.4. The molecule has 3 rings (SSSR count). The van der Waals surface area contributed by atoms with E-state index in [1.54, 1.807) is 20.8 Å². The van der Waals surface area contributed by atoms with E-state index >= 15 is 0 Å². The molecule has 2 aromatic heterocycles. The zero-order valence-electron chi connectivity index (χ0n) is 16.8. The molecule has 0 aliphatic carbocycles. The molecule has 0 aliphatic rings. The number of aromatic amines is 1. The van der Waals surface area contributed by atoms with Crippen LogP contribution in [-0.2, 0) is 4.74 Å². The van der Waals surface area contributed by atoms with Crippen molar-refractivity contribution in [1.29, 1.82) is 0 Å². The standard InChI is InChI=1S/C22H24N2O3S/c1-6-27-22(26)20-15(5)23-14(4)19(20)17(25)11-28-18-10-13(3)16-9-7-8-12(2)21(16)24-18/h7-10,23H,6,11H2,1-5H3. The topological polar surface area (TPSA) is 72.1 Å². The van der Waals surface area contributed by atoms with E-state index in [0.29, 0.717) is 22.5 Å². The number of hydrogen-bond acceptors (Lipinski definition) is 5. The van der Waals surface area contributed by atoms with E-state index in [0.717, 1.165) is 27.1 Å². The molecule has 5 nitrogen and oxygen atoms in total. The highest BCUT2D eigenvalue weighted by Crippen LogP contribution is 2.27. The molecule has 1 aromatic carbocycles. The summed E-state index contributed by atoms with van der Waals surface area (Å²) in [5.74, 6) is -0.374. The van der Waals surface area contributed by atoms with Gasteiger partial charge >= 0.3 is 5.97 Å². The number of nitrogens with zero attached hydrogens (tertiary/aromatic N) is 1. The van der Waals surface area contributed by atoms with Gasteiger partial charge in [-0.1, -0.05) is 30.0 Å². The van der Waals surface area contributed by atoms with Crippen molar-refractivity contribution < 1.29 is 14.3 Å². The summed E-state index contributed by atoms with van der Waals surface area (Å²) < 4.78 is 5.12. The number of Topliss-reactive ketones (excluding diaryl/α,β-unsaturated/α-hetero) is 1. The smallest absolute Gasteiger partial charge is 0.340 e. The second-order valence-corrected chi connectivity index (χ2v) is 7.80. The molecule has 0 atom stereocenters. The third-order valence-electron chi connectivity index (χ3n) is 4.71. The van der Waals surface area contributed by atoms with E-state index in [4.69, 9.17) is 9.72 Å². The number of aryl methyl sites for hydroxylation is 4. The first-order valence-corrected chi connectivity index (χ1v) is 10.2. The Morgan fingerprint density at radius 3 is 2.50 bits per heavy atom. The van der Waals surface area contributed by atoms with Crippen LogP contribution in [0, 0.1) is 27.7 Å². The molecule has 0 saturated carbocycles. The van der Waals surface area contributed by atoms with Crippen LogP contribution in [0.3, 0.4) is 0 Å². The molecule has 1 N–H and O–H groups in total. The van der Waals surface area contributed by atoms with Crippen LogP contribution in [0.15, 0.2) is 29.3 Å². The normalized spacial score (nSPS) is 11.0. The summed E-state index contributed by atoms with van der Waals surface area (Å²) in [6.45, 7) is 9.68. The van der Waals surface area contributed by atoms with Gasteiger partial charge in [0.2, 0.25) is 0 Å². The summed E-state index contributed by atoms with van der Waals surface area (Å²) in [4.78, 5) is 33.0. The number of rotatable bonds is 6. The van der Waals surface area contributed by atoms with Crippen LogP contribution in [-0.4, -0.2) is 34.1 Å². The Labute approximate surface area is 168 Å². The summed E-state index contributed by atoms with van der Waals surface area (Å²) >= 11 is 1.39. The zero-order valence-corrected chi connectivity index (χ0v) is 17.6. The molecule has 0 unspecified atom stereocenters. The van der Waals surface area contributed by atoms with E-state index in [1.807, 2.05) is 32.0 Å². The van der Waals surface area contributed by atoms with E-state index < -0.39 is 5.97 Å². The summed E-state index contributed by atoms with van der Waals surface area (Å²) in [5, 5.41) is 1.92. The lowest BCUT2D eigenvalue weighted by atomic mass is 10.1. The van der Waals surface area contributed by atoms with Crippen molar-refractivity contribution in [3.63, 3.8) is 0 Å². The Kier molecular flexibility index (Phi) is 5.89. The van der Waals surface area contributed by atoms with Gasteiger partial charge in [0.25, 0.3) is 0 Å². The fraction of sp³-hybridized carbons (Fsp3) is 0.318. The maximum atomic E-state index is 12.9. The van der Waals surface area contributed by atoms with Crippen LogP contribution in [0.25, 0.3) is 10.9 Å². The first-order valence-electron chi connectivity index (χ1n) is 9.22. The number of carbonyl (C=O) groups is 2. The van der Waals surface area contributed by atoms with Gasteiger partial charge in [0.05, 0.1) is 34.0 Å². The second-order valence-electron chi connectivity index (χ2n) is 6.81. The molecular weight excluding hydrogens is 372 g/mol. The molecule has 0 saturated heterocycles. The van der Waals surface area contributed by atoms with Gasteiger partial charge < -0.3 is 9.72 Å². The number of H-pyrrole nitrogens is 1. The SMILES string of the molecule is CCOC(=O)c1c(C)[nH]c(C)c1C(=O)CSc1cc(C)c2cccc(C)c2n1. The number of pyridine rings is 1. The summed E-state index contributed by atoms with van der Waals surface area (Å²) in [6, 6.07) is 8.12. The number of carbonyl (C=O) groups excluding carboxylic acids is 2. The van der Waals surface area contributed by atoms with Crippen LogP contribution >= 0.6 is 11.8 Å². The van der Waals surface area contributed by atoms with Gasteiger partial charge in [-0.2, -0.15) is 0 Å². The van der Waals surface area contributed by atoms with Crippen molar-refractivity contribution in [2.24, 2.45) is 0 Å². The average Bonchev–Trinajstić information content (AvgIpc) is 2.95. The van der Waals surface area contributed by atoms with Crippen LogP contribution in [0.4, 0.5) is 0 Å². The molecular formula is C22H24N2O3S. The molecule has 0 spiro atoms. The van der Waals surface area contributed by atoms with Gasteiger partial charge in [0, 0.05) is 16.8 Å². The lowest BCUT2D eigenvalue weighted by Crippen LogP contribution is -2.13. The first kappa shape index (κ1) is 20.1. The van der Waals surface area contributed by atoms with Crippen molar-refractivity contribution in [1.82, 2.24) is 9.97 Å². The van der Waals surface area contributed by atoms with Crippen molar-refractivity contribution in [2.75, 3.05) is 12.4 Å². The summed E-state index contributed by atoms with van der Waals surface area (Å²) in [7, 11) is 0. The van der Waals surface area contributed by atoms with E-state index in [1.165, 1.54) is 11.8 Å². The third kappa shape index (κ3) is 3.83. The van der Waals surface area contributed by atoms with Crippen molar-refractivity contribution >= 4 is 34.4 Å². The Bertz CT molecular complexity index is 1070. The number of thioether (sulfide) groups is 1. The minimum Gasteiger partial charge on any atom is -0.462 e. The highest BCUT2D eigenvalue weighted by atomic mass is 32.2. The molecule has 28 heavy (non-hydrogen) atoms. The predicted molar refractivity (Wildman–Crippen MR) is 112 cm³/mol. The molecule has 0 bridgehead atoms. The van der Waals surface area contributed by atoms with Gasteiger partial charge in [0.15, 0.2) is 5.78 Å². The Morgan fingerprint density at radius 2 is 1.79 bits per heavy atom. The molecule has 6 heteroatoms. The third-order valence-corrected chi connectivity index (χ3v) is 5.62. The fourth-order valence-corrected chi connectivity index (χ4v) is 4.24. The minimum atomic E-state index is -0.465. The Morgan fingerprint density at radius 1 is 1.07 bits per heavy atom. The van der Waals surface area contributed by atoms with Crippen LogP contribution in [0.5, 0.6) is 0 Å². The molecule has 3 aromatic rings. The van der Waals surface area contributed by atoms with Crippen molar-refractivity contribution in [3.8, 4) is 0 Å². The molecule has 146 valence electrons. The number of benzene rings is 1. The number of para-hydroxylation sites is 1. The number of esters is 1. The van der Waals surface area contributed by atoms with Crippen LogP contribution in [0.2, 0.25) is 0 Å². The van der Waals surface area contributed by atoms with Crippen molar-refractivity contribution in [2.45, 2.75) is 39.6 Å². The number of ether oxygens (including phenoxy) is 1. The fourth-order valence-electron chi connectivity index (χ4n) is 3.40. The van der Waals surface area contributed by atoms with Gasteiger partial charge in [-0.15, -0.1) is 0 Å². The highest BCUT2D eigenvalue weighted by Gasteiger charge is 2.25. The Balaban J connectivity index is 1.86. The number of aromatic nitrogens is 2.